The maximum Gasteiger partial charge on any atom is 0.341 e. The molecule has 0 aromatic heterocycles. The second kappa shape index (κ2) is 1.82. The molecule has 1 aliphatic rings. The average Bonchev–Trinajstić information content (AvgIpc) is 2.12. The van der Waals surface area contributed by atoms with Gasteiger partial charge in [0.15, 0.2) is 12.4 Å². The van der Waals surface area contributed by atoms with Crippen LogP contribution in [0.4, 0.5) is 0 Å². The van der Waals surface area contributed by atoms with Crippen molar-refractivity contribution in [2.75, 3.05) is 0 Å². The van der Waals surface area contributed by atoms with E-state index in [1.165, 1.54) is 0 Å². The molecule has 0 atom stereocenters. The lowest BCUT2D eigenvalue weighted by atomic mass is 10.6. The lowest BCUT2D eigenvalue weighted by Gasteiger charge is -1.81. The van der Waals surface area contributed by atoms with Gasteiger partial charge in [-0.25, -0.2) is 0 Å². The summed E-state index contributed by atoms with van der Waals surface area (Å²) in [7, 11) is 0. The van der Waals surface area contributed by atoms with Gasteiger partial charge in [0, 0.05) is 12.2 Å². The summed E-state index contributed by atoms with van der Waals surface area (Å²) in [6.07, 6.45) is 7.30. The fraction of sp³-hybridized carbons (Fsp3) is 0.167. The van der Waals surface area contributed by atoms with Crippen LogP contribution in [0.25, 0.3) is 0 Å². The first-order valence-corrected chi connectivity index (χ1v) is 2.46. The normalized spacial score (nSPS) is 15.4. The highest BCUT2D eigenvalue weighted by Crippen LogP contribution is 1.92. The Kier molecular flexibility index (Phi) is 1.16. The number of aliphatic hydroxyl groups is 1. The molecule has 0 spiro atoms. The number of hydrogen-bond donors (Lipinski definition) is 1. The van der Waals surface area contributed by atoms with Crippen molar-refractivity contribution >= 4 is 5.90 Å². The summed E-state index contributed by atoms with van der Waals surface area (Å²) in [5.41, 5.74) is 0. The van der Waals surface area contributed by atoms with Gasteiger partial charge in [0.05, 0.1) is 6.92 Å². The molecule has 0 unspecified atom stereocenters. The van der Waals surface area contributed by atoms with Crippen LogP contribution in [0, 0.1) is 0 Å². The van der Waals surface area contributed by atoms with Gasteiger partial charge in [0.1, 0.15) is 0 Å². The Labute approximate surface area is 48.1 Å². The van der Waals surface area contributed by atoms with E-state index >= 15 is 0 Å². The van der Waals surface area contributed by atoms with E-state index in [0.29, 0.717) is 5.90 Å². The van der Waals surface area contributed by atoms with Crippen LogP contribution < -0.4 is 0 Å². The van der Waals surface area contributed by atoms with Crippen LogP contribution in [0.1, 0.15) is 6.92 Å². The molecular formula is C6H8NO+. The van der Waals surface area contributed by atoms with Crippen molar-refractivity contribution < 1.29 is 9.68 Å². The van der Waals surface area contributed by atoms with Crippen molar-refractivity contribution in [2.45, 2.75) is 6.92 Å². The van der Waals surface area contributed by atoms with Crippen molar-refractivity contribution in [2.24, 2.45) is 0 Å². The summed E-state index contributed by atoms with van der Waals surface area (Å²) in [5.74, 6) is 0.301. The Bertz CT molecular complexity index is 159. The molecule has 8 heavy (non-hydrogen) atoms. The van der Waals surface area contributed by atoms with Gasteiger partial charge in [-0.15, -0.1) is 4.58 Å². The zero-order valence-corrected chi connectivity index (χ0v) is 4.70. The predicted octanol–water partition coefficient (Wildman–Crippen LogP) is 1.02. The van der Waals surface area contributed by atoms with Crippen molar-refractivity contribution in [1.29, 1.82) is 0 Å². The lowest BCUT2D eigenvalue weighted by molar-refractivity contribution is -0.384. The Hall–Kier alpha value is -1.05. The minimum Gasteiger partial charge on any atom is -0.463 e. The Morgan fingerprint density at radius 2 is 1.88 bits per heavy atom. The van der Waals surface area contributed by atoms with Gasteiger partial charge in [0.25, 0.3) is 0 Å². The molecular weight excluding hydrogens is 102 g/mol. The van der Waals surface area contributed by atoms with Crippen LogP contribution in [0.15, 0.2) is 24.6 Å². The summed E-state index contributed by atoms with van der Waals surface area (Å²) in [6, 6.07) is 0. The Morgan fingerprint density at radius 1 is 1.38 bits per heavy atom. The topological polar surface area (TPSA) is 23.2 Å². The second-order valence-corrected chi connectivity index (χ2v) is 1.64. The van der Waals surface area contributed by atoms with Crippen LogP contribution in [0.3, 0.4) is 0 Å². The van der Waals surface area contributed by atoms with Crippen molar-refractivity contribution in [3.63, 3.8) is 0 Å². The number of allylic oxidation sites excluding steroid dienone is 2. The van der Waals surface area contributed by atoms with Crippen LogP contribution >= 0.6 is 0 Å². The van der Waals surface area contributed by atoms with E-state index in [4.69, 9.17) is 5.11 Å². The molecule has 1 N–H and O–H groups in total. The first-order valence-electron chi connectivity index (χ1n) is 2.46. The minimum atomic E-state index is 0.301. The van der Waals surface area contributed by atoms with Gasteiger partial charge in [-0.3, -0.25) is 0 Å². The van der Waals surface area contributed by atoms with Crippen LogP contribution in [-0.2, 0) is 0 Å². The summed E-state index contributed by atoms with van der Waals surface area (Å²) in [5, 5.41) is 8.79. The van der Waals surface area contributed by atoms with E-state index in [-0.39, 0.29) is 0 Å². The van der Waals surface area contributed by atoms with E-state index in [9.17, 15) is 0 Å². The van der Waals surface area contributed by atoms with Gasteiger partial charge in [0.2, 0.25) is 0 Å². The first-order chi connectivity index (χ1) is 3.80. The molecule has 0 saturated carbocycles. The van der Waals surface area contributed by atoms with Crippen molar-refractivity contribution in [3.05, 3.63) is 24.6 Å². The molecule has 0 saturated heterocycles. The summed E-state index contributed by atoms with van der Waals surface area (Å²) in [6.45, 7) is 1.64. The van der Waals surface area contributed by atoms with Gasteiger partial charge >= 0.3 is 5.90 Å². The quantitative estimate of drug-likeness (QED) is 0.365. The number of aliphatic hydroxyl groups excluding tert-OH is 1. The first kappa shape index (κ1) is 5.09. The van der Waals surface area contributed by atoms with E-state index in [0.717, 1.165) is 0 Å². The predicted molar refractivity (Wildman–Crippen MR) is 31.9 cm³/mol. The van der Waals surface area contributed by atoms with Gasteiger partial charge in [-0.05, 0) is 0 Å². The molecule has 0 amide bonds. The molecule has 1 heterocycles. The van der Waals surface area contributed by atoms with E-state index < -0.39 is 0 Å². The number of rotatable bonds is 0. The molecule has 0 aliphatic carbocycles. The molecule has 2 nitrogen and oxygen atoms in total. The van der Waals surface area contributed by atoms with Crippen LogP contribution in [-0.4, -0.2) is 15.6 Å². The van der Waals surface area contributed by atoms with Crippen LogP contribution in [0.5, 0.6) is 0 Å². The van der Waals surface area contributed by atoms with E-state index in [1.807, 2.05) is 12.2 Å². The summed E-state index contributed by atoms with van der Waals surface area (Å²) < 4.78 is 1.64. The number of hydrogen-bond acceptors (Lipinski definition) is 0. The average molecular weight is 110 g/mol. The second-order valence-electron chi connectivity index (χ2n) is 1.64. The lowest BCUT2D eigenvalue weighted by Crippen LogP contribution is -2.03. The fourth-order valence-corrected chi connectivity index (χ4v) is 0.550. The highest BCUT2D eigenvalue weighted by molar-refractivity contribution is 5.65. The van der Waals surface area contributed by atoms with Crippen molar-refractivity contribution in [1.82, 2.24) is 0 Å². The highest BCUT2D eigenvalue weighted by Gasteiger charge is 2.02. The van der Waals surface area contributed by atoms with E-state index in [1.54, 1.807) is 23.9 Å². The maximum atomic E-state index is 8.79. The summed E-state index contributed by atoms with van der Waals surface area (Å²) in [4.78, 5) is 0. The van der Waals surface area contributed by atoms with Gasteiger partial charge < -0.3 is 5.11 Å². The smallest absolute Gasteiger partial charge is 0.341 e. The maximum absolute atomic E-state index is 8.79. The molecule has 1 aliphatic heterocycles. The van der Waals surface area contributed by atoms with Crippen LogP contribution in [0.2, 0.25) is 0 Å². The monoisotopic (exact) mass is 110 g/mol. The highest BCUT2D eigenvalue weighted by atomic mass is 16.3. The van der Waals surface area contributed by atoms with E-state index in [2.05, 4.69) is 0 Å². The molecule has 1 rings (SSSR count). The standard InChI is InChI=1S/C6H7NO/c1-6(8)7-4-2-3-5-7/h2-5H,1H3/p+1. The largest absolute Gasteiger partial charge is 0.463 e. The number of nitrogens with zero attached hydrogens (tertiary/aromatic N) is 1. The van der Waals surface area contributed by atoms with Gasteiger partial charge in [-0.2, -0.15) is 0 Å². The SMILES string of the molecule is CC(O)=[N+]1C=CC=C1. The molecule has 0 aromatic rings. The third-order valence-corrected chi connectivity index (χ3v) is 0.978. The molecule has 0 fully saturated rings. The third-order valence-electron chi connectivity index (χ3n) is 0.978. The van der Waals surface area contributed by atoms with Gasteiger partial charge in [-0.1, -0.05) is 0 Å². The fourth-order valence-electron chi connectivity index (χ4n) is 0.550. The third kappa shape index (κ3) is 0.780. The minimum absolute atomic E-state index is 0.301. The molecule has 0 bridgehead atoms. The Morgan fingerprint density at radius 3 is 2.12 bits per heavy atom. The Balaban J connectivity index is 2.90. The molecule has 2 heteroatoms. The summed E-state index contributed by atoms with van der Waals surface area (Å²) >= 11 is 0. The zero-order valence-electron chi connectivity index (χ0n) is 4.70. The molecule has 0 aromatic carbocycles. The van der Waals surface area contributed by atoms with Crippen molar-refractivity contribution in [3.8, 4) is 0 Å². The zero-order chi connectivity index (χ0) is 5.98. The molecule has 0 radical (unpaired) electrons. The molecule has 42 valence electrons.